The number of allylic oxidation sites excluding steroid dienone is 1. The lowest BCUT2D eigenvalue weighted by molar-refractivity contribution is 0.0137. The zero-order chi connectivity index (χ0) is 29.4. The summed E-state index contributed by atoms with van der Waals surface area (Å²) >= 11 is 6.40. The SMILES string of the molecule is C=CC[C@H](C)C[SH](=O)=NC(=O)c1ccc2c(c1)N(C[C@@H]1CC[C@H]1[C@H](C=C)OC)Cc1ccc(Cl)cc1CCCCO2. The Hall–Kier alpha value is -2.61. The molecule has 41 heavy (non-hydrogen) atoms. The minimum Gasteiger partial charge on any atom is -0.491 e. The predicted molar refractivity (Wildman–Crippen MR) is 170 cm³/mol. The van der Waals surface area contributed by atoms with Gasteiger partial charge < -0.3 is 14.4 Å². The summed E-state index contributed by atoms with van der Waals surface area (Å²) in [5.41, 5.74) is 3.72. The van der Waals surface area contributed by atoms with Crippen molar-refractivity contribution in [3.8, 4) is 5.75 Å². The van der Waals surface area contributed by atoms with Gasteiger partial charge in [-0.05, 0) is 97.7 Å². The third kappa shape index (κ3) is 8.24. The van der Waals surface area contributed by atoms with Gasteiger partial charge in [0.25, 0.3) is 5.91 Å². The number of thiol groups is 1. The summed E-state index contributed by atoms with van der Waals surface area (Å²) in [6, 6.07) is 11.6. The molecular weight excluding hydrogens is 556 g/mol. The van der Waals surface area contributed by atoms with Gasteiger partial charge in [0.05, 0.1) is 18.4 Å². The van der Waals surface area contributed by atoms with Crippen LogP contribution in [-0.2, 0) is 28.3 Å². The molecule has 8 heteroatoms. The van der Waals surface area contributed by atoms with E-state index in [9.17, 15) is 9.00 Å². The van der Waals surface area contributed by atoms with Crippen LogP contribution in [0.25, 0.3) is 0 Å². The van der Waals surface area contributed by atoms with Crippen LogP contribution < -0.4 is 9.64 Å². The molecule has 0 bridgehead atoms. The number of carbonyl (C=O) groups is 1. The van der Waals surface area contributed by atoms with Gasteiger partial charge in [-0.15, -0.1) is 13.2 Å². The molecule has 5 atom stereocenters. The van der Waals surface area contributed by atoms with E-state index >= 15 is 0 Å². The second-order valence-corrected chi connectivity index (χ2v) is 13.0. The first-order chi connectivity index (χ1) is 19.8. The van der Waals surface area contributed by atoms with Crippen LogP contribution in [0.5, 0.6) is 5.75 Å². The van der Waals surface area contributed by atoms with Crippen molar-refractivity contribution in [1.29, 1.82) is 0 Å². The van der Waals surface area contributed by atoms with E-state index in [2.05, 4.69) is 34.6 Å². The smallest absolute Gasteiger partial charge is 0.284 e. The fourth-order valence-electron chi connectivity index (χ4n) is 5.86. The number of benzene rings is 2. The first-order valence-corrected chi connectivity index (χ1v) is 16.4. The Kier molecular flexibility index (Phi) is 11.5. The third-order valence-electron chi connectivity index (χ3n) is 8.27. The van der Waals surface area contributed by atoms with E-state index in [1.165, 1.54) is 11.1 Å². The zero-order valence-corrected chi connectivity index (χ0v) is 25.9. The molecule has 1 aliphatic heterocycles. The Morgan fingerprint density at radius 3 is 2.76 bits per heavy atom. The highest BCUT2D eigenvalue weighted by atomic mass is 35.5. The van der Waals surface area contributed by atoms with Gasteiger partial charge in [-0.2, -0.15) is 4.36 Å². The number of amides is 1. The highest BCUT2D eigenvalue weighted by Crippen LogP contribution is 2.41. The number of hydrogen-bond acceptors (Lipinski definition) is 5. The minimum atomic E-state index is -2.00. The highest BCUT2D eigenvalue weighted by Gasteiger charge is 2.37. The van der Waals surface area contributed by atoms with Crippen LogP contribution in [0.3, 0.4) is 0 Å². The Bertz CT molecular complexity index is 1320. The molecular formula is C33H43ClN2O4S. The molecule has 6 nitrogen and oxygen atoms in total. The van der Waals surface area contributed by atoms with Crippen LogP contribution in [0.15, 0.2) is 66.1 Å². The number of nitrogens with zero attached hydrogens (tertiary/aromatic N) is 2. The van der Waals surface area contributed by atoms with Gasteiger partial charge in [-0.3, -0.25) is 9.00 Å². The van der Waals surface area contributed by atoms with Gasteiger partial charge in [0.15, 0.2) is 0 Å². The molecule has 2 aromatic rings. The first kappa shape index (κ1) is 31.3. The van der Waals surface area contributed by atoms with Crippen molar-refractivity contribution in [3.63, 3.8) is 0 Å². The average Bonchev–Trinajstić information content (AvgIpc) is 2.96. The number of hydrogen-bond donors (Lipinski definition) is 1. The normalized spacial score (nSPS) is 21.2. The maximum atomic E-state index is 13.2. The number of ether oxygens (including phenoxy) is 2. The van der Waals surface area contributed by atoms with Crippen molar-refractivity contribution in [1.82, 2.24) is 0 Å². The monoisotopic (exact) mass is 598 g/mol. The van der Waals surface area contributed by atoms with Crippen LogP contribution in [0, 0.1) is 17.8 Å². The van der Waals surface area contributed by atoms with Crippen LogP contribution in [0.2, 0.25) is 5.02 Å². The second kappa shape index (κ2) is 15.0. The molecule has 222 valence electrons. The second-order valence-electron chi connectivity index (χ2n) is 11.3. The summed E-state index contributed by atoms with van der Waals surface area (Å²) in [6.07, 6.45) is 9.45. The van der Waals surface area contributed by atoms with Gasteiger partial charge >= 0.3 is 0 Å². The fraction of sp³-hybridized carbons (Fsp3) is 0.485. The average molecular weight is 599 g/mol. The van der Waals surface area contributed by atoms with Crippen LogP contribution >= 0.6 is 11.6 Å². The number of anilines is 1. The number of aryl methyl sites for hydroxylation is 1. The third-order valence-corrected chi connectivity index (χ3v) is 9.85. The fourth-order valence-corrected chi connectivity index (χ4v) is 7.14. The maximum Gasteiger partial charge on any atom is 0.284 e. The molecule has 0 radical (unpaired) electrons. The summed E-state index contributed by atoms with van der Waals surface area (Å²) in [7, 11) is -0.265. The van der Waals surface area contributed by atoms with Gasteiger partial charge in [-0.25, -0.2) is 0 Å². The molecule has 1 unspecified atom stereocenters. The Labute approximate surface area is 252 Å². The molecule has 0 spiro atoms. The lowest BCUT2D eigenvalue weighted by Crippen LogP contribution is -2.43. The summed E-state index contributed by atoms with van der Waals surface area (Å²) in [5.74, 6) is 1.57. The van der Waals surface area contributed by atoms with Crippen LogP contribution in [0.4, 0.5) is 5.69 Å². The Morgan fingerprint density at radius 2 is 2.05 bits per heavy atom. The Morgan fingerprint density at radius 1 is 1.22 bits per heavy atom. The number of fused-ring (bicyclic) bond motifs is 2. The van der Waals surface area contributed by atoms with Gasteiger partial charge in [0.1, 0.15) is 5.75 Å². The first-order valence-electron chi connectivity index (χ1n) is 14.6. The molecule has 0 saturated heterocycles. The number of rotatable bonds is 10. The highest BCUT2D eigenvalue weighted by molar-refractivity contribution is 7.75. The minimum absolute atomic E-state index is 0.00555. The van der Waals surface area contributed by atoms with Gasteiger partial charge in [-0.1, -0.05) is 36.7 Å². The maximum absolute atomic E-state index is 13.2. The molecule has 0 aromatic heterocycles. The quantitative estimate of drug-likeness (QED) is 0.229. The van der Waals surface area contributed by atoms with Gasteiger partial charge in [0.2, 0.25) is 0 Å². The van der Waals surface area contributed by atoms with Gasteiger partial charge in [0, 0.05) is 47.1 Å². The largest absolute Gasteiger partial charge is 0.491 e. The number of halogens is 1. The van der Waals surface area contributed by atoms with Crippen molar-refractivity contribution in [3.05, 3.63) is 83.4 Å². The van der Waals surface area contributed by atoms with Crippen molar-refractivity contribution in [2.24, 2.45) is 22.1 Å². The van der Waals surface area contributed by atoms with Crippen LogP contribution in [-0.4, -0.2) is 42.2 Å². The summed E-state index contributed by atoms with van der Waals surface area (Å²) in [4.78, 5) is 15.5. The number of methoxy groups -OCH3 is 1. The zero-order valence-electron chi connectivity index (χ0n) is 24.3. The van der Waals surface area contributed by atoms with Crippen LogP contribution in [0.1, 0.15) is 60.5 Å². The molecule has 2 aromatic carbocycles. The standard InChI is InChI=1S/C33H43ClN2O4S/c1-5-9-23(3)22-41(38)35-33(37)25-13-16-32-30(19-25)36(21-27-12-15-29(27)31(6-2)39-4)20-26-11-14-28(34)18-24(26)10-7-8-17-40-32/h5-6,11,13-14,16,18-19,23,27,29,31,41H,1-2,7-10,12,15,17,20-22H2,3-4H3/t23-,27-,29+,31-/m0/s1. The number of carbonyl (C=O) groups excluding carboxylic acids is 1. The van der Waals surface area contributed by atoms with E-state index in [1.54, 1.807) is 19.3 Å². The van der Waals surface area contributed by atoms with E-state index in [1.807, 2.05) is 31.2 Å². The molecule has 1 fully saturated rings. The lowest BCUT2D eigenvalue weighted by atomic mass is 9.70. The van der Waals surface area contributed by atoms with E-state index in [4.69, 9.17) is 21.1 Å². The molecule has 0 N–H and O–H groups in total. The van der Waals surface area contributed by atoms with Crippen molar-refractivity contribution < 1.29 is 18.5 Å². The van der Waals surface area contributed by atoms with Crippen molar-refractivity contribution in [2.45, 2.75) is 58.1 Å². The molecule has 1 saturated carbocycles. The molecule has 2 aliphatic rings. The predicted octanol–water partition coefficient (Wildman–Crippen LogP) is 7.31. The summed E-state index contributed by atoms with van der Waals surface area (Å²) < 4.78 is 28.7. The molecule has 1 aliphatic carbocycles. The van der Waals surface area contributed by atoms with Crippen molar-refractivity contribution >= 4 is 33.8 Å². The molecule has 4 rings (SSSR count). The molecule has 1 heterocycles. The van der Waals surface area contributed by atoms with E-state index in [0.29, 0.717) is 36.3 Å². The van der Waals surface area contributed by atoms with E-state index in [0.717, 1.165) is 61.5 Å². The summed E-state index contributed by atoms with van der Waals surface area (Å²) in [6.45, 7) is 11.7. The summed E-state index contributed by atoms with van der Waals surface area (Å²) in [5, 5.41) is 0.737. The van der Waals surface area contributed by atoms with Crippen molar-refractivity contribution in [2.75, 3.05) is 30.9 Å². The van der Waals surface area contributed by atoms with E-state index in [-0.39, 0.29) is 12.0 Å². The topological polar surface area (TPSA) is 68.2 Å². The lowest BCUT2D eigenvalue weighted by Gasteiger charge is -2.43. The molecule has 1 amide bonds. The Balaban J connectivity index is 1.71. The van der Waals surface area contributed by atoms with E-state index < -0.39 is 16.5 Å².